The van der Waals surface area contributed by atoms with E-state index in [1.165, 1.54) is 12.1 Å². The zero-order valence-electron chi connectivity index (χ0n) is 13.6. The number of amides is 1. The number of nitrogens with one attached hydrogen (secondary N) is 2. The molecule has 0 fully saturated rings. The van der Waals surface area contributed by atoms with Gasteiger partial charge in [-0.05, 0) is 61.4 Å². The molecule has 134 valence electrons. The van der Waals surface area contributed by atoms with Crippen molar-refractivity contribution in [3.8, 4) is 0 Å². The van der Waals surface area contributed by atoms with Crippen LogP contribution in [0.15, 0.2) is 47.4 Å². The minimum Gasteiger partial charge on any atom is -0.396 e. The van der Waals surface area contributed by atoms with Crippen LogP contribution in [0, 0.1) is 6.92 Å². The fourth-order valence-electron chi connectivity index (χ4n) is 2.11. The number of aliphatic hydroxyl groups is 1. The molecule has 2 aromatic carbocycles. The van der Waals surface area contributed by atoms with Crippen LogP contribution in [0.25, 0.3) is 0 Å². The Morgan fingerprint density at radius 3 is 2.44 bits per heavy atom. The van der Waals surface area contributed by atoms with E-state index in [0.29, 0.717) is 28.3 Å². The zero-order valence-corrected chi connectivity index (χ0v) is 15.2. The number of hydrogen-bond donors (Lipinski definition) is 3. The maximum atomic E-state index is 12.2. The van der Waals surface area contributed by atoms with E-state index in [-0.39, 0.29) is 24.0 Å². The third-order valence-electron chi connectivity index (χ3n) is 3.49. The van der Waals surface area contributed by atoms with E-state index in [0.717, 1.165) is 0 Å². The molecule has 2 rings (SSSR count). The lowest BCUT2D eigenvalue weighted by atomic mass is 10.1. The lowest BCUT2D eigenvalue weighted by molar-refractivity contribution is 0.102. The van der Waals surface area contributed by atoms with Crippen LogP contribution in [-0.2, 0) is 10.0 Å². The van der Waals surface area contributed by atoms with Crippen LogP contribution >= 0.6 is 11.6 Å². The molecular formula is C17H19ClN2O4S. The summed E-state index contributed by atoms with van der Waals surface area (Å²) in [7, 11) is -3.65. The first-order chi connectivity index (χ1) is 11.8. The Labute approximate surface area is 151 Å². The van der Waals surface area contributed by atoms with Gasteiger partial charge >= 0.3 is 0 Å². The molecule has 0 heterocycles. The van der Waals surface area contributed by atoms with E-state index >= 15 is 0 Å². The van der Waals surface area contributed by atoms with E-state index < -0.39 is 10.0 Å². The number of aliphatic hydroxyl groups excluding tert-OH is 1. The lowest BCUT2D eigenvalue weighted by Gasteiger charge is -2.11. The summed E-state index contributed by atoms with van der Waals surface area (Å²) in [4.78, 5) is 12.3. The van der Waals surface area contributed by atoms with Gasteiger partial charge in [0.1, 0.15) is 0 Å². The number of benzene rings is 2. The van der Waals surface area contributed by atoms with E-state index in [1.807, 2.05) is 0 Å². The van der Waals surface area contributed by atoms with Gasteiger partial charge in [-0.1, -0.05) is 11.6 Å². The van der Waals surface area contributed by atoms with Gasteiger partial charge in [0.15, 0.2) is 0 Å². The topological polar surface area (TPSA) is 95.5 Å². The van der Waals surface area contributed by atoms with Crippen molar-refractivity contribution in [3.63, 3.8) is 0 Å². The number of sulfonamides is 1. The quantitative estimate of drug-likeness (QED) is 0.641. The highest BCUT2D eigenvalue weighted by atomic mass is 35.5. The van der Waals surface area contributed by atoms with Crippen molar-refractivity contribution in [1.29, 1.82) is 0 Å². The predicted molar refractivity (Wildman–Crippen MR) is 97.5 cm³/mol. The maximum Gasteiger partial charge on any atom is 0.255 e. The zero-order chi connectivity index (χ0) is 18.4. The van der Waals surface area contributed by atoms with Crippen molar-refractivity contribution >= 4 is 33.2 Å². The van der Waals surface area contributed by atoms with E-state index in [4.69, 9.17) is 16.7 Å². The molecule has 0 atom stereocenters. The molecule has 0 spiro atoms. The fourth-order valence-corrected chi connectivity index (χ4v) is 3.39. The van der Waals surface area contributed by atoms with Gasteiger partial charge in [0.05, 0.1) is 4.90 Å². The molecule has 0 aliphatic rings. The first kappa shape index (κ1) is 19.4. The van der Waals surface area contributed by atoms with Crippen molar-refractivity contribution in [3.05, 3.63) is 58.6 Å². The smallest absolute Gasteiger partial charge is 0.255 e. The van der Waals surface area contributed by atoms with Crippen LogP contribution in [0.1, 0.15) is 22.3 Å². The molecule has 25 heavy (non-hydrogen) atoms. The normalized spacial score (nSPS) is 11.3. The molecule has 0 aliphatic heterocycles. The third kappa shape index (κ3) is 5.27. The number of hydrogen-bond acceptors (Lipinski definition) is 4. The first-order valence-electron chi connectivity index (χ1n) is 7.61. The Balaban J connectivity index is 2.13. The number of halogens is 1. The molecule has 6 nitrogen and oxygen atoms in total. The average Bonchev–Trinajstić information content (AvgIpc) is 2.57. The molecule has 8 heteroatoms. The lowest BCUT2D eigenvalue weighted by Crippen LogP contribution is -2.25. The first-order valence-corrected chi connectivity index (χ1v) is 9.47. The largest absolute Gasteiger partial charge is 0.396 e. The minimum atomic E-state index is -3.65. The van der Waals surface area contributed by atoms with Gasteiger partial charge in [-0.15, -0.1) is 0 Å². The van der Waals surface area contributed by atoms with Gasteiger partial charge in [-0.3, -0.25) is 4.79 Å². The number of carbonyl (C=O) groups excluding carboxylic acids is 1. The molecule has 0 bridgehead atoms. The average molecular weight is 383 g/mol. The molecule has 0 saturated heterocycles. The van der Waals surface area contributed by atoms with E-state index in [9.17, 15) is 13.2 Å². The summed E-state index contributed by atoms with van der Waals surface area (Å²) in [6.07, 6.45) is 0.341. The Morgan fingerprint density at radius 1 is 1.16 bits per heavy atom. The molecule has 0 aromatic heterocycles. The predicted octanol–water partition coefficient (Wildman–Crippen LogP) is 2.56. The SMILES string of the molecule is Cc1cc(S(=O)(=O)NCCCO)ccc1NC(=O)c1ccc(Cl)cc1. The fraction of sp³-hybridized carbons (Fsp3) is 0.235. The second kappa shape index (κ2) is 8.44. The second-order valence-electron chi connectivity index (χ2n) is 5.41. The molecule has 0 aliphatic carbocycles. The van der Waals surface area contributed by atoms with Crippen LogP contribution in [0.5, 0.6) is 0 Å². The third-order valence-corrected chi connectivity index (χ3v) is 5.20. The summed E-state index contributed by atoms with van der Waals surface area (Å²) in [6.45, 7) is 1.79. The molecule has 0 radical (unpaired) electrons. The van der Waals surface area contributed by atoms with Gasteiger partial charge in [-0.25, -0.2) is 13.1 Å². The summed E-state index contributed by atoms with van der Waals surface area (Å²) < 4.78 is 26.7. The van der Waals surface area contributed by atoms with Crippen molar-refractivity contribution in [2.45, 2.75) is 18.2 Å². The highest BCUT2D eigenvalue weighted by molar-refractivity contribution is 7.89. The number of aryl methyl sites for hydroxylation is 1. The Morgan fingerprint density at radius 2 is 1.84 bits per heavy atom. The molecule has 3 N–H and O–H groups in total. The summed E-state index contributed by atoms with van der Waals surface area (Å²) in [6, 6.07) is 10.9. The van der Waals surface area contributed by atoms with Gasteiger partial charge in [-0.2, -0.15) is 0 Å². The van der Waals surface area contributed by atoms with Gasteiger partial charge < -0.3 is 10.4 Å². The number of anilines is 1. The summed E-state index contributed by atoms with van der Waals surface area (Å²) in [5.74, 6) is -0.309. The standard InChI is InChI=1S/C17H19ClN2O4S/c1-12-11-15(25(23,24)19-9-2-10-21)7-8-16(12)20-17(22)13-3-5-14(18)6-4-13/h3-8,11,19,21H,2,9-10H2,1H3,(H,20,22). The van der Waals surface area contributed by atoms with Crippen LogP contribution in [0.2, 0.25) is 5.02 Å². The molecule has 0 saturated carbocycles. The number of carbonyl (C=O) groups is 1. The molecule has 1 amide bonds. The summed E-state index contributed by atoms with van der Waals surface area (Å²) >= 11 is 5.80. The van der Waals surface area contributed by atoms with Gasteiger partial charge in [0.2, 0.25) is 10.0 Å². The second-order valence-corrected chi connectivity index (χ2v) is 7.62. The van der Waals surface area contributed by atoms with Crippen LogP contribution in [0.3, 0.4) is 0 Å². The summed E-state index contributed by atoms with van der Waals surface area (Å²) in [5.41, 5.74) is 1.59. The van der Waals surface area contributed by atoms with Crippen LogP contribution in [0.4, 0.5) is 5.69 Å². The highest BCUT2D eigenvalue weighted by Gasteiger charge is 2.15. The molecular weight excluding hydrogens is 364 g/mol. The van der Waals surface area contributed by atoms with E-state index in [2.05, 4.69) is 10.0 Å². The highest BCUT2D eigenvalue weighted by Crippen LogP contribution is 2.21. The summed E-state index contributed by atoms with van der Waals surface area (Å²) in [5, 5.41) is 12.0. The van der Waals surface area contributed by atoms with Crippen molar-refractivity contribution in [2.24, 2.45) is 0 Å². The van der Waals surface area contributed by atoms with Gasteiger partial charge in [0.25, 0.3) is 5.91 Å². The van der Waals surface area contributed by atoms with Crippen LogP contribution < -0.4 is 10.0 Å². The minimum absolute atomic E-state index is 0.0861. The Kier molecular flexibility index (Phi) is 6.55. The monoisotopic (exact) mass is 382 g/mol. The van der Waals surface area contributed by atoms with Crippen molar-refractivity contribution in [2.75, 3.05) is 18.5 Å². The Hall–Kier alpha value is -1.93. The Bertz CT molecular complexity index is 851. The van der Waals surface area contributed by atoms with E-state index in [1.54, 1.807) is 37.3 Å². The molecule has 2 aromatic rings. The number of rotatable bonds is 7. The van der Waals surface area contributed by atoms with Crippen molar-refractivity contribution < 1.29 is 18.3 Å². The van der Waals surface area contributed by atoms with Gasteiger partial charge in [0, 0.05) is 29.4 Å². The molecule has 0 unspecified atom stereocenters. The maximum absolute atomic E-state index is 12.2. The van der Waals surface area contributed by atoms with Crippen LogP contribution in [-0.4, -0.2) is 32.6 Å². The van der Waals surface area contributed by atoms with Crippen molar-refractivity contribution in [1.82, 2.24) is 4.72 Å².